The van der Waals surface area contributed by atoms with Crippen LogP contribution in [0.4, 0.5) is 5.69 Å². The van der Waals surface area contributed by atoms with E-state index in [1.165, 1.54) is 10.6 Å². The van der Waals surface area contributed by atoms with Gasteiger partial charge >= 0.3 is 0 Å². The maximum Gasteiger partial charge on any atom is 0.227 e. The molecule has 1 aliphatic carbocycles. The van der Waals surface area contributed by atoms with Gasteiger partial charge in [-0.25, -0.2) is 12.7 Å². The van der Waals surface area contributed by atoms with E-state index in [1.54, 1.807) is 6.20 Å². The van der Waals surface area contributed by atoms with Gasteiger partial charge in [0.15, 0.2) is 0 Å². The van der Waals surface area contributed by atoms with Gasteiger partial charge in [0.25, 0.3) is 0 Å². The average molecular weight is 323 g/mol. The molecule has 0 atom stereocenters. The fraction of sp³-hybridized carbons (Fsp3) is 0.600. The normalized spacial score (nSPS) is 20.8. The SMILES string of the molecule is CS(=O)(=O)N1CCC(C(=O)Nc2cccnc2C2CC2)CC1. The molecule has 1 aromatic rings. The molecule has 2 fully saturated rings. The highest BCUT2D eigenvalue weighted by molar-refractivity contribution is 7.88. The van der Waals surface area contributed by atoms with E-state index in [4.69, 9.17) is 0 Å². The Labute approximate surface area is 131 Å². The van der Waals surface area contributed by atoms with Crippen LogP contribution in [0.15, 0.2) is 18.3 Å². The summed E-state index contributed by atoms with van der Waals surface area (Å²) < 4.78 is 24.4. The van der Waals surface area contributed by atoms with E-state index < -0.39 is 10.0 Å². The van der Waals surface area contributed by atoms with Crippen molar-refractivity contribution in [1.82, 2.24) is 9.29 Å². The van der Waals surface area contributed by atoms with Crippen LogP contribution in [0.2, 0.25) is 0 Å². The lowest BCUT2D eigenvalue weighted by Gasteiger charge is -2.29. The topological polar surface area (TPSA) is 79.4 Å². The maximum atomic E-state index is 12.4. The van der Waals surface area contributed by atoms with Gasteiger partial charge in [-0.3, -0.25) is 9.78 Å². The Bertz CT molecular complexity index is 662. The predicted molar refractivity (Wildman–Crippen MR) is 84.0 cm³/mol. The molecule has 1 aliphatic heterocycles. The number of nitrogens with one attached hydrogen (secondary N) is 1. The number of anilines is 1. The highest BCUT2D eigenvalue weighted by Gasteiger charge is 2.31. The first kappa shape index (κ1) is 15.4. The fourth-order valence-corrected chi connectivity index (χ4v) is 3.76. The van der Waals surface area contributed by atoms with E-state index in [9.17, 15) is 13.2 Å². The minimum Gasteiger partial charge on any atom is -0.324 e. The number of sulfonamides is 1. The van der Waals surface area contributed by atoms with Crippen LogP contribution in [0.1, 0.15) is 37.3 Å². The van der Waals surface area contributed by atoms with E-state index >= 15 is 0 Å². The Kier molecular flexibility index (Phi) is 4.18. The van der Waals surface area contributed by atoms with Gasteiger partial charge in [-0.15, -0.1) is 0 Å². The molecule has 1 amide bonds. The van der Waals surface area contributed by atoms with E-state index in [-0.39, 0.29) is 11.8 Å². The van der Waals surface area contributed by atoms with Gasteiger partial charge in [0.1, 0.15) is 0 Å². The molecule has 0 unspecified atom stereocenters. The number of rotatable bonds is 4. The molecule has 1 aromatic heterocycles. The number of nitrogens with zero attached hydrogens (tertiary/aromatic N) is 2. The summed E-state index contributed by atoms with van der Waals surface area (Å²) in [5.74, 6) is 0.317. The van der Waals surface area contributed by atoms with Crippen molar-refractivity contribution in [3.8, 4) is 0 Å². The minimum atomic E-state index is -3.15. The van der Waals surface area contributed by atoms with Gasteiger partial charge in [0.05, 0.1) is 17.6 Å². The molecule has 2 heterocycles. The molecule has 6 nitrogen and oxygen atoms in total. The largest absolute Gasteiger partial charge is 0.324 e. The summed E-state index contributed by atoms with van der Waals surface area (Å²) in [4.78, 5) is 16.8. The number of amides is 1. The molecule has 1 N–H and O–H groups in total. The number of hydrogen-bond acceptors (Lipinski definition) is 4. The molecule has 3 rings (SSSR count). The molecule has 1 saturated heterocycles. The van der Waals surface area contributed by atoms with Crippen LogP contribution in [-0.4, -0.2) is 43.0 Å². The molecule has 22 heavy (non-hydrogen) atoms. The first-order valence-electron chi connectivity index (χ1n) is 7.66. The minimum absolute atomic E-state index is 0.0250. The fourth-order valence-electron chi connectivity index (χ4n) is 2.89. The quantitative estimate of drug-likeness (QED) is 0.912. The van der Waals surface area contributed by atoms with Crippen LogP contribution in [0.3, 0.4) is 0 Å². The number of pyridine rings is 1. The lowest BCUT2D eigenvalue weighted by atomic mass is 9.97. The number of hydrogen-bond donors (Lipinski definition) is 1. The zero-order valence-corrected chi connectivity index (χ0v) is 13.5. The summed E-state index contributed by atoms with van der Waals surface area (Å²) in [6.45, 7) is 0.832. The van der Waals surface area contributed by atoms with Crippen molar-refractivity contribution in [2.24, 2.45) is 5.92 Å². The third kappa shape index (κ3) is 3.47. The molecule has 7 heteroatoms. The first-order chi connectivity index (χ1) is 10.4. The zero-order chi connectivity index (χ0) is 15.7. The molecule has 0 aromatic carbocycles. The molecule has 120 valence electrons. The van der Waals surface area contributed by atoms with Crippen molar-refractivity contribution in [3.05, 3.63) is 24.0 Å². The van der Waals surface area contributed by atoms with Crippen molar-refractivity contribution in [2.45, 2.75) is 31.6 Å². The van der Waals surface area contributed by atoms with Gasteiger partial charge in [0, 0.05) is 31.1 Å². The average Bonchev–Trinajstić information content (AvgIpc) is 3.32. The van der Waals surface area contributed by atoms with Crippen LogP contribution in [0.5, 0.6) is 0 Å². The predicted octanol–water partition coefficient (Wildman–Crippen LogP) is 1.57. The van der Waals surface area contributed by atoms with Crippen molar-refractivity contribution in [3.63, 3.8) is 0 Å². The van der Waals surface area contributed by atoms with E-state index in [2.05, 4.69) is 10.3 Å². The number of carbonyl (C=O) groups excluding carboxylic acids is 1. The maximum absolute atomic E-state index is 12.4. The van der Waals surface area contributed by atoms with Crippen molar-refractivity contribution >= 4 is 21.6 Å². The van der Waals surface area contributed by atoms with Gasteiger partial charge in [-0.05, 0) is 37.8 Å². The van der Waals surface area contributed by atoms with Gasteiger partial charge in [-0.2, -0.15) is 0 Å². The molecule has 0 spiro atoms. The number of aromatic nitrogens is 1. The smallest absolute Gasteiger partial charge is 0.227 e. The Morgan fingerprint density at radius 1 is 1.27 bits per heavy atom. The molecular formula is C15H21N3O3S. The number of carbonyl (C=O) groups is 1. The molecule has 0 radical (unpaired) electrons. The molecule has 2 aliphatic rings. The van der Waals surface area contributed by atoms with E-state index in [0.717, 1.165) is 24.2 Å². The van der Waals surface area contributed by atoms with Crippen LogP contribution >= 0.6 is 0 Å². The third-order valence-electron chi connectivity index (χ3n) is 4.35. The molecule has 0 bridgehead atoms. The summed E-state index contributed by atoms with van der Waals surface area (Å²) in [7, 11) is -3.15. The van der Waals surface area contributed by atoms with Crippen molar-refractivity contribution < 1.29 is 13.2 Å². The second-order valence-electron chi connectivity index (χ2n) is 6.14. The summed E-state index contributed by atoms with van der Waals surface area (Å²) in [5.41, 5.74) is 1.78. The summed E-state index contributed by atoms with van der Waals surface area (Å²) in [5, 5.41) is 2.99. The number of piperidine rings is 1. The second kappa shape index (κ2) is 5.96. The van der Waals surface area contributed by atoms with Gasteiger partial charge in [0.2, 0.25) is 15.9 Å². The lowest BCUT2D eigenvalue weighted by molar-refractivity contribution is -0.120. The first-order valence-corrected chi connectivity index (χ1v) is 9.51. The second-order valence-corrected chi connectivity index (χ2v) is 8.12. The van der Waals surface area contributed by atoms with Crippen molar-refractivity contribution in [1.29, 1.82) is 0 Å². The highest BCUT2D eigenvalue weighted by Crippen LogP contribution is 2.42. The Morgan fingerprint density at radius 2 is 1.95 bits per heavy atom. The standard InChI is InChI=1S/C15H21N3O3S/c1-22(20,21)18-9-6-12(7-10-18)15(19)17-13-3-2-8-16-14(13)11-4-5-11/h2-3,8,11-12H,4-7,9-10H2,1H3,(H,17,19). The highest BCUT2D eigenvalue weighted by atomic mass is 32.2. The van der Waals surface area contributed by atoms with Crippen LogP contribution in [-0.2, 0) is 14.8 Å². The van der Waals surface area contributed by atoms with Crippen molar-refractivity contribution in [2.75, 3.05) is 24.7 Å². The summed E-state index contributed by atoms with van der Waals surface area (Å²) in [6, 6.07) is 3.72. The van der Waals surface area contributed by atoms with Gasteiger partial charge in [-0.1, -0.05) is 0 Å². The summed E-state index contributed by atoms with van der Waals surface area (Å²) >= 11 is 0. The Hall–Kier alpha value is -1.47. The molecular weight excluding hydrogens is 302 g/mol. The van der Waals surface area contributed by atoms with E-state index in [1.807, 2.05) is 12.1 Å². The van der Waals surface area contributed by atoms with Crippen LogP contribution < -0.4 is 5.32 Å². The zero-order valence-electron chi connectivity index (χ0n) is 12.7. The Balaban J connectivity index is 1.62. The van der Waals surface area contributed by atoms with Gasteiger partial charge < -0.3 is 5.32 Å². The third-order valence-corrected chi connectivity index (χ3v) is 5.66. The lowest BCUT2D eigenvalue weighted by Crippen LogP contribution is -2.41. The van der Waals surface area contributed by atoms with E-state index in [0.29, 0.717) is 31.8 Å². The summed E-state index contributed by atoms with van der Waals surface area (Å²) in [6.07, 6.45) is 6.37. The van der Waals surface area contributed by atoms with Crippen LogP contribution in [0, 0.1) is 5.92 Å². The van der Waals surface area contributed by atoms with Crippen LogP contribution in [0.25, 0.3) is 0 Å². The monoisotopic (exact) mass is 323 g/mol. The molecule has 1 saturated carbocycles. The Morgan fingerprint density at radius 3 is 2.55 bits per heavy atom.